The third-order valence-corrected chi connectivity index (χ3v) is 7.01. The first kappa shape index (κ1) is 15.9. The maximum absolute atomic E-state index is 13.3. The van der Waals surface area contributed by atoms with Gasteiger partial charge in [-0.1, -0.05) is 31.5 Å². The fourth-order valence-electron chi connectivity index (χ4n) is 6.02. The minimum absolute atomic E-state index is 0.0820. The van der Waals surface area contributed by atoms with Crippen LogP contribution in [-0.2, 0) is 26.2 Å². The van der Waals surface area contributed by atoms with Gasteiger partial charge in [0.15, 0.2) is 0 Å². The zero-order chi connectivity index (χ0) is 18.1. The summed E-state index contributed by atoms with van der Waals surface area (Å²) in [6.45, 7) is 2.85. The second kappa shape index (κ2) is 5.35. The van der Waals surface area contributed by atoms with Crippen molar-refractivity contribution in [2.24, 2.45) is 11.8 Å². The molecule has 1 aromatic carbocycles. The number of benzene rings is 1. The second-order valence-electron chi connectivity index (χ2n) is 8.02. The van der Waals surface area contributed by atoms with E-state index in [9.17, 15) is 9.59 Å². The number of carbonyl (C=O) groups excluding carboxylic acids is 2. The highest BCUT2D eigenvalue weighted by Gasteiger charge is 2.65. The molecule has 26 heavy (non-hydrogen) atoms. The fourth-order valence-corrected chi connectivity index (χ4v) is 6.02. The van der Waals surface area contributed by atoms with E-state index in [2.05, 4.69) is 24.0 Å². The number of piperidine rings is 2. The maximum atomic E-state index is 13.3. The van der Waals surface area contributed by atoms with Gasteiger partial charge in [0.05, 0.1) is 13.2 Å². The molecule has 4 heterocycles. The molecule has 1 amide bonds. The van der Waals surface area contributed by atoms with Gasteiger partial charge in [-0.05, 0) is 36.8 Å². The van der Waals surface area contributed by atoms with E-state index in [4.69, 9.17) is 4.74 Å². The standard InChI is InChI=1S/C21H24N2O3/c1-3-12-10-13-11-21(20(25)26-2)17-15(8-9-23(18(12)21)19(13)24)14-6-4-5-7-16(14)22-17/h4-7,12-13,18,22H,3,8-11H2,1-2H3/t12-,13-,18-,21+/m0/s1. The van der Waals surface area contributed by atoms with E-state index in [-0.39, 0.29) is 23.8 Å². The quantitative estimate of drug-likeness (QED) is 0.846. The Morgan fingerprint density at radius 2 is 2.19 bits per heavy atom. The molecular formula is C21H24N2O3. The van der Waals surface area contributed by atoms with Crippen molar-refractivity contribution in [3.05, 3.63) is 35.5 Å². The Labute approximate surface area is 152 Å². The van der Waals surface area contributed by atoms with E-state index in [1.807, 2.05) is 17.0 Å². The zero-order valence-corrected chi connectivity index (χ0v) is 15.2. The zero-order valence-electron chi connectivity index (χ0n) is 15.2. The molecule has 5 nitrogen and oxygen atoms in total. The Balaban J connectivity index is 1.83. The summed E-state index contributed by atoms with van der Waals surface area (Å²) >= 11 is 0. The lowest BCUT2D eigenvalue weighted by molar-refractivity contribution is -0.172. The van der Waals surface area contributed by atoms with E-state index in [1.165, 1.54) is 12.7 Å². The molecule has 6 rings (SSSR count). The number of fused-ring (bicyclic) bond motifs is 4. The number of carbonyl (C=O) groups is 2. The molecule has 1 aromatic heterocycles. The maximum Gasteiger partial charge on any atom is 0.319 e. The van der Waals surface area contributed by atoms with Gasteiger partial charge in [-0.15, -0.1) is 0 Å². The summed E-state index contributed by atoms with van der Waals surface area (Å²) in [5.41, 5.74) is 2.48. The number of aromatic amines is 1. The van der Waals surface area contributed by atoms with Gasteiger partial charge in [-0.3, -0.25) is 9.59 Å². The van der Waals surface area contributed by atoms with Crippen molar-refractivity contribution < 1.29 is 14.3 Å². The normalized spacial score (nSPS) is 32.5. The Kier molecular flexibility index (Phi) is 3.27. The third kappa shape index (κ3) is 1.76. The fraction of sp³-hybridized carbons (Fsp3) is 0.524. The van der Waals surface area contributed by atoms with Crippen LogP contribution in [0.4, 0.5) is 0 Å². The summed E-state index contributed by atoms with van der Waals surface area (Å²) in [7, 11) is 1.47. The molecule has 0 unspecified atom stereocenters. The molecule has 5 heteroatoms. The van der Waals surface area contributed by atoms with E-state index >= 15 is 0 Å². The molecule has 2 aromatic rings. The molecule has 0 spiro atoms. The summed E-state index contributed by atoms with van der Waals surface area (Å²) in [5.74, 6) is 0.288. The van der Waals surface area contributed by atoms with Crippen LogP contribution in [0.25, 0.3) is 10.9 Å². The lowest BCUT2D eigenvalue weighted by Gasteiger charge is -2.57. The molecule has 4 aliphatic rings. The number of esters is 1. The van der Waals surface area contributed by atoms with Crippen LogP contribution >= 0.6 is 0 Å². The van der Waals surface area contributed by atoms with E-state index in [0.29, 0.717) is 18.9 Å². The number of nitrogens with zero attached hydrogens (tertiary/aromatic N) is 1. The minimum Gasteiger partial charge on any atom is -0.468 e. The lowest BCUT2D eigenvalue weighted by Crippen LogP contribution is -2.69. The highest BCUT2D eigenvalue weighted by Crippen LogP contribution is 2.55. The SMILES string of the molecule is CC[C@H]1C[C@H]2C[C@@]3(C(=O)OC)c4[nH]c5ccccc5c4CCN(C2=O)[C@@H]13. The molecule has 0 radical (unpaired) electrons. The Hall–Kier alpha value is -2.30. The number of ether oxygens (including phenoxy) is 1. The number of methoxy groups -OCH3 is 1. The third-order valence-electron chi connectivity index (χ3n) is 7.01. The van der Waals surface area contributed by atoms with Crippen LogP contribution in [0.5, 0.6) is 0 Å². The van der Waals surface area contributed by atoms with E-state index < -0.39 is 5.41 Å². The molecule has 1 aliphatic carbocycles. The van der Waals surface area contributed by atoms with Crippen molar-refractivity contribution in [3.8, 4) is 0 Å². The van der Waals surface area contributed by atoms with Crippen LogP contribution in [0, 0.1) is 11.8 Å². The largest absolute Gasteiger partial charge is 0.468 e. The summed E-state index contributed by atoms with van der Waals surface area (Å²) in [5, 5.41) is 1.16. The first-order chi connectivity index (χ1) is 12.6. The number of rotatable bonds is 2. The molecule has 136 valence electrons. The number of H-pyrrole nitrogens is 1. The topological polar surface area (TPSA) is 62.4 Å². The predicted octanol–water partition coefficient (Wildman–Crippen LogP) is 2.78. The molecule has 4 bridgehead atoms. The number of hydrogen-bond acceptors (Lipinski definition) is 3. The summed E-state index contributed by atoms with van der Waals surface area (Å²) < 4.78 is 5.36. The molecular weight excluding hydrogens is 328 g/mol. The predicted molar refractivity (Wildman–Crippen MR) is 97.7 cm³/mol. The van der Waals surface area contributed by atoms with Gasteiger partial charge in [0.1, 0.15) is 5.41 Å². The van der Waals surface area contributed by atoms with Crippen molar-refractivity contribution in [2.45, 2.75) is 44.1 Å². The van der Waals surface area contributed by atoms with Gasteiger partial charge < -0.3 is 14.6 Å². The van der Waals surface area contributed by atoms with Crippen LogP contribution in [0.2, 0.25) is 0 Å². The lowest BCUT2D eigenvalue weighted by atomic mass is 9.56. The minimum atomic E-state index is -0.767. The summed E-state index contributed by atoms with van der Waals surface area (Å²) in [6.07, 6.45) is 3.21. The van der Waals surface area contributed by atoms with Gasteiger partial charge in [0.2, 0.25) is 5.91 Å². The van der Waals surface area contributed by atoms with Crippen molar-refractivity contribution in [2.75, 3.05) is 13.7 Å². The molecule has 1 N–H and O–H groups in total. The smallest absolute Gasteiger partial charge is 0.319 e. The highest BCUT2D eigenvalue weighted by molar-refractivity contribution is 5.95. The second-order valence-corrected chi connectivity index (χ2v) is 8.02. The monoisotopic (exact) mass is 352 g/mol. The van der Waals surface area contributed by atoms with Gasteiger partial charge in [0.25, 0.3) is 0 Å². The summed E-state index contributed by atoms with van der Waals surface area (Å²) in [6, 6.07) is 8.12. The van der Waals surface area contributed by atoms with Gasteiger partial charge >= 0.3 is 5.97 Å². The Morgan fingerprint density at radius 3 is 2.96 bits per heavy atom. The van der Waals surface area contributed by atoms with Crippen LogP contribution in [-0.4, -0.2) is 41.5 Å². The van der Waals surface area contributed by atoms with Crippen LogP contribution in [0.1, 0.15) is 37.4 Å². The van der Waals surface area contributed by atoms with Crippen LogP contribution in [0.3, 0.4) is 0 Å². The van der Waals surface area contributed by atoms with E-state index in [1.54, 1.807) is 0 Å². The van der Waals surface area contributed by atoms with Gasteiger partial charge in [0, 0.05) is 29.1 Å². The van der Waals surface area contributed by atoms with Crippen LogP contribution < -0.4 is 0 Å². The Bertz CT molecular complexity index is 917. The number of aromatic nitrogens is 1. The molecule has 4 atom stereocenters. The highest BCUT2D eigenvalue weighted by atomic mass is 16.5. The van der Waals surface area contributed by atoms with Gasteiger partial charge in [-0.25, -0.2) is 0 Å². The van der Waals surface area contributed by atoms with Crippen molar-refractivity contribution >= 4 is 22.8 Å². The van der Waals surface area contributed by atoms with Crippen LogP contribution in [0.15, 0.2) is 24.3 Å². The number of para-hydroxylation sites is 1. The number of nitrogens with one attached hydrogen (secondary N) is 1. The Morgan fingerprint density at radius 1 is 1.38 bits per heavy atom. The molecule has 2 saturated heterocycles. The van der Waals surface area contributed by atoms with E-state index in [0.717, 1.165) is 35.9 Å². The molecule has 3 fully saturated rings. The first-order valence-corrected chi connectivity index (χ1v) is 9.60. The first-order valence-electron chi connectivity index (χ1n) is 9.60. The molecule has 3 aliphatic heterocycles. The molecule has 1 saturated carbocycles. The van der Waals surface area contributed by atoms with Gasteiger partial charge in [-0.2, -0.15) is 0 Å². The number of hydrogen-bond donors (Lipinski definition) is 1. The average Bonchev–Trinajstić information content (AvgIpc) is 3.00. The average molecular weight is 352 g/mol. The summed E-state index contributed by atoms with van der Waals surface area (Å²) in [4.78, 5) is 31.8. The number of amides is 1. The van der Waals surface area contributed by atoms with Crippen molar-refractivity contribution in [1.82, 2.24) is 9.88 Å². The van der Waals surface area contributed by atoms with Crippen molar-refractivity contribution in [1.29, 1.82) is 0 Å². The van der Waals surface area contributed by atoms with Crippen molar-refractivity contribution in [3.63, 3.8) is 0 Å².